The molecule has 21 heavy (non-hydrogen) atoms. The highest BCUT2D eigenvalue weighted by Gasteiger charge is 2.29. The number of nitrogens with one attached hydrogen (secondary N) is 2. The number of Topliss-reactive ketones (excluding diaryl/α,β-unsaturated/α-hetero) is 1. The summed E-state index contributed by atoms with van der Waals surface area (Å²) in [5.41, 5.74) is 0. The van der Waals surface area contributed by atoms with Crippen molar-refractivity contribution in [3.05, 3.63) is 0 Å². The molecule has 1 aliphatic rings. The van der Waals surface area contributed by atoms with Crippen molar-refractivity contribution in [2.45, 2.75) is 45.1 Å². The molecule has 7 heteroatoms. The first-order valence-corrected chi connectivity index (χ1v) is 7.43. The fourth-order valence-electron chi connectivity index (χ4n) is 2.22. The molecule has 0 aromatic carbocycles. The molecule has 7 nitrogen and oxygen atoms in total. The average molecular weight is 300 g/mol. The molecule has 2 amide bonds. The Morgan fingerprint density at radius 2 is 2.29 bits per heavy atom. The summed E-state index contributed by atoms with van der Waals surface area (Å²) < 4.78 is 4.94. The van der Waals surface area contributed by atoms with Crippen molar-refractivity contribution in [2.24, 2.45) is 5.92 Å². The summed E-state index contributed by atoms with van der Waals surface area (Å²) in [6.45, 7) is 2.22. The van der Waals surface area contributed by atoms with Crippen molar-refractivity contribution < 1.29 is 24.2 Å². The Kier molecular flexibility index (Phi) is 7.74. The minimum Gasteiger partial charge on any atom is -0.450 e. The minimum atomic E-state index is -0.891. The second-order valence-electron chi connectivity index (χ2n) is 5.18. The van der Waals surface area contributed by atoms with Crippen LogP contribution in [0.15, 0.2) is 0 Å². The Balaban J connectivity index is 2.52. The Bertz CT molecular complexity index is 372. The van der Waals surface area contributed by atoms with Gasteiger partial charge in [0.15, 0.2) is 5.78 Å². The first kappa shape index (κ1) is 17.4. The summed E-state index contributed by atoms with van der Waals surface area (Å²) in [4.78, 5) is 35.0. The zero-order valence-corrected chi connectivity index (χ0v) is 12.4. The van der Waals surface area contributed by atoms with Crippen LogP contribution in [0.1, 0.15) is 39.0 Å². The van der Waals surface area contributed by atoms with Crippen LogP contribution in [0.25, 0.3) is 0 Å². The van der Waals surface area contributed by atoms with E-state index in [4.69, 9.17) is 9.84 Å². The lowest BCUT2D eigenvalue weighted by molar-refractivity contribution is -0.128. The number of carbonyl (C=O) groups is 3. The van der Waals surface area contributed by atoms with Gasteiger partial charge >= 0.3 is 6.09 Å². The molecule has 1 fully saturated rings. The minimum absolute atomic E-state index is 0.113. The fraction of sp³-hybridized carbons (Fsp3) is 0.786. The Morgan fingerprint density at radius 1 is 1.52 bits per heavy atom. The number of rotatable bonds is 8. The van der Waals surface area contributed by atoms with Gasteiger partial charge in [-0.3, -0.25) is 9.59 Å². The summed E-state index contributed by atoms with van der Waals surface area (Å²) in [6, 6.07) is -0.891. The van der Waals surface area contributed by atoms with Crippen LogP contribution in [-0.4, -0.2) is 48.7 Å². The van der Waals surface area contributed by atoms with Gasteiger partial charge in [0, 0.05) is 12.5 Å². The van der Waals surface area contributed by atoms with Crippen LogP contribution < -0.4 is 10.6 Å². The predicted molar refractivity (Wildman–Crippen MR) is 75.6 cm³/mol. The van der Waals surface area contributed by atoms with Gasteiger partial charge in [0.2, 0.25) is 5.91 Å². The van der Waals surface area contributed by atoms with Crippen molar-refractivity contribution in [1.29, 1.82) is 0 Å². The third-order valence-corrected chi connectivity index (χ3v) is 3.49. The third kappa shape index (κ3) is 6.12. The number of ketones is 1. The van der Waals surface area contributed by atoms with Gasteiger partial charge < -0.3 is 20.5 Å². The number of alkyl carbamates (subject to hydrolysis) is 1. The number of ether oxygens (including phenoxy) is 1. The number of carbonyl (C=O) groups excluding carboxylic acids is 3. The highest BCUT2D eigenvalue weighted by molar-refractivity contribution is 5.89. The highest BCUT2D eigenvalue weighted by atomic mass is 16.5. The molecule has 120 valence electrons. The van der Waals surface area contributed by atoms with Gasteiger partial charge in [-0.2, -0.15) is 0 Å². The topological polar surface area (TPSA) is 105 Å². The highest BCUT2D eigenvalue weighted by Crippen LogP contribution is 2.18. The van der Waals surface area contributed by atoms with E-state index in [0.717, 1.165) is 19.3 Å². The maximum Gasteiger partial charge on any atom is 0.407 e. The van der Waals surface area contributed by atoms with Gasteiger partial charge in [0.1, 0.15) is 6.61 Å². The number of hydrogen-bond acceptors (Lipinski definition) is 5. The summed E-state index contributed by atoms with van der Waals surface area (Å²) >= 11 is 0. The molecule has 1 heterocycles. The number of unbranched alkanes of at least 4 members (excludes halogenated alkanes) is 1. The second kappa shape index (κ2) is 9.33. The molecule has 0 aromatic rings. The van der Waals surface area contributed by atoms with E-state index in [1.54, 1.807) is 0 Å². The molecule has 0 spiro atoms. The molecule has 0 aliphatic carbocycles. The zero-order chi connectivity index (χ0) is 15.7. The quantitative estimate of drug-likeness (QED) is 0.561. The van der Waals surface area contributed by atoms with E-state index in [-0.39, 0.29) is 24.9 Å². The molecule has 0 aromatic heterocycles. The van der Waals surface area contributed by atoms with E-state index in [2.05, 4.69) is 10.6 Å². The SMILES string of the molecule is CCCCOC(=O)N[C@@H](C[C@@H]1CCCNC1=O)C(=O)CO. The maximum absolute atomic E-state index is 11.7. The summed E-state index contributed by atoms with van der Waals surface area (Å²) in [5, 5.41) is 14.2. The van der Waals surface area contributed by atoms with Crippen molar-refractivity contribution in [3.8, 4) is 0 Å². The first-order valence-electron chi connectivity index (χ1n) is 7.43. The molecule has 0 radical (unpaired) electrons. The van der Waals surface area contributed by atoms with E-state index < -0.39 is 24.5 Å². The van der Waals surface area contributed by atoms with E-state index >= 15 is 0 Å². The van der Waals surface area contributed by atoms with Crippen LogP contribution >= 0.6 is 0 Å². The Labute approximate surface area is 124 Å². The molecule has 1 rings (SSSR count). The smallest absolute Gasteiger partial charge is 0.407 e. The van der Waals surface area contributed by atoms with Gasteiger partial charge in [0.05, 0.1) is 12.6 Å². The lowest BCUT2D eigenvalue weighted by Gasteiger charge is -2.25. The fourth-order valence-corrected chi connectivity index (χ4v) is 2.22. The second-order valence-corrected chi connectivity index (χ2v) is 5.18. The largest absolute Gasteiger partial charge is 0.450 e. The van der Waals surface area contributed by atoms with Crippen molar-refractivity contribution in [1.82, 2.24) is 10.6 Å². The number of piperidine rings is 1. The first-order chi connectivity index (χ1) is 10.1. The standard InChI is InChI=1S/C14H24N2O5/c1-2-3-7-21-14(20)16-11(12(18)9-17)8-10-5-4-6-15-13(10)19/h10-11,17H,2-9H2,1H3,(H,15,19)(H,16,20)/t10-,11-/m0/s1. The lowest BCUT2D eigenvalue weighted by Crippen LogP contribution is -2.47. The average Bonchev–Trinajstić information content (AvgIpc) is 2.48. The molecule has 3 N–H and O–H groups in total. The molecule has 1 saturated heterocycles. The van der Waals surface area contributed by atoms with Crippen molar-refractivity contribution >= 4 is 17.8 Å². The van der Waals surface area contributed by atoms with Gasteiger partial charge in [-0.05, 0) is 25.7 Å². The monoisotopic (exact) mass is 300 g/mol. The summed E-state index contributed by atoms with van der Waals surface area (Å²) in [7, 11) is 0. The van der Waals surface area contributed by atoms with Crippen LogP contribution in [-0.2, 0) is 14.3 Å². The lowest BCUT2D eigenvalue weighted by atomic mass is 9.90. The number of aliphatic hydroxyl groups is 1. The van der Waals surface area contributed by atoms with Crippen molar-refractivity contribution in [2.75, 3.05) is 19.8 Å². The van der Waals surface area contributed by atoms with E-state index in [1.807, 2.05) is 6.92 Å². The number of aliphatic hydroxyl groups excluding tert-OH is 1. The molecule has 0 saturated carbocycles. The maximum atomic E-state index is 11.7. The van der Waals surface area contributed by atoms with Crippen LogP contribution in [0.5, 0.6) is 0 Å². The third-order valence-electron chi connectivity index (χ3n) is 3.49. The van der Waals surface area contributed by atoms with Gasteiger partial charge in [0.25, 0.3) is 0 Å². The summed E-state index contributed by atoms with van der Waals surface area (Å²) in [5.74, 6) is -0.950. The molecule has 0 unspecified atom stereocenters. The van der Waals surface area contributed by atoms with E-state index in [1.165, 1.54) is 0 Å². The van der Waals surface area contributed by atoms with Crippen LogP contribution in [0.3, 0.4) is 0 Å². The molecule has 1 aliphatic heterocycles. The van der Waals surface area contributed by atoms with Crippen molar-refractivity contribution in [3.63, 3.8) is 0 Å². The Hall–Kier alpha value is -1.63. The normalized spacial score (nSPS) is 19.5. The van der Waals surface area contributed by atoms with Crippen LogP contribution in [0.2, 0.25) is 0 Å². The summed E-state index contributed by atoms with van der Waals surface area (Å²) in [6.07, 6.45) is 2.66. The number of hydrogen-bond donors (Lipinski definition) is 3. The molecule has 0 bridgehead atoms. The van der Waals surface area contributed by atoms with E-state index in [9.17, 15) is 14.4 Å². The van der Waals surface area contributed by atoms with Crippen LogP contribution in [0, 0.1) is 5.92 Å². The number of amides is 2. The predicted octanol–water partition coefficient (Wildman–Crippen LogP) is 0.359. The molecular weight excluding hydrogens is 276 g/mol. The molecular formula is C14H24N2O5. The Morgan fingerprint density at radius 3 is 2.90 bits per heavy atom. The van der Waals surface area contributed by atoms with Crippen LogP contribution in [0.4, 0.5) is 4.79 Å². The van der Waals surface area contributed by atoms with Gasteiger partial charge in [-0.1, -0.05) is 13.3 Å². The van der Waals surface area contributed by atoms with Gasteiger partial charge in [-0.15, -0.1) is 0 Å². The molecule has 2 atom stereocenters. The van der Waals surface area contributed by atoms with Gasteiger partial charge in [-0.25, -0.2) is 4.79 Å². The zero-order valence-electron chi connectivity index (χ0n) is 12.4. The van der Waals surface area contributed by atoms with E-state index in [0.29, 0.717) is 13.0 Å².